The molecule has 0 atom stereocenters. The van der Waals surface area contributed by atoms with E-state index in [1.165, 1.54) is 12.1 Å². The summed E-state index contributed by atoms with van der Waals surface area (Å²) in [5.74, 6) is -0.109. The first-order valence-corrected chi connectivity index (χ1v) is 10.1. The second-order valence-electron chi connectivity index (χ2n) is 5.99. The number of nitrogens with zero attached hydrogens (tertiary/aromatic N) is 3. The third-order valence-corrected chi connectivity index (χ3v) is 6.40. The van der Waals surface area contributed by atoms with Gasteiger partial charge in [-0.15, -0.1) is 16.5 Å². The third kappa shape index (κ3) is 3.67. The minimum Gasteiger partial charge on any atom is -0.477 e. The van der Waals surface area contributed by atoms with Gasteiger partial charge in [0.15, 0.2) is 11.6 Å². The van der Waals surface area contributed by atoms with Gasteiger partial charge < -0.3 is 10.4 Å². The smallest absolute Gasteiger partial charge is 0.341 e. The first kappa shape index (κ1) is 17.6. The van der Waals surface area contributed by atoms with Crippen LogP contribution in [0.5, 0.6) is 0 Å². The average molecular weight is 405 g/mol. The van der Waals surface area contributed by atoms with Crippen LogP contribution in [0.1, 0.15) is 34.8 Å². The van der Waals surface area contributed by atoms with Crippen LogP contribution in [0.4, 0.5) is 11.6 Å². The summed E-state index contributed by atoms with van der Waals surface area (Å²) >= 11 is 0.841. The van der Waals surface area contributed by atoms with E-state index in [0.29, 0.717) is 16.6 Å². The maximum atomic E-state index is 11.5. The predicted octanol–water partition coefficient (Wildman–Crippen LogP) is 2.22. The van der Waals surface area contributed by atoms with E-state index in [-0.39, 0.29) is 21.4 Å². The zero-order chi connectivity index (χ0) is 19.2. The number of sulfonamides is 1. The number of aromatic amines is 1. The maximum absolute atomic E-state index is 11.5. The van der Waals surface area contributed by atoms with E-state index in [0.717, 1.165) is 36.1 Å². The molecule has 3 aromatic rings. The fraction of sp³-hybridized carbons (Fsp3) is 0.200. The number of nitrogens with one attached hydrogen (secondary N) is 3. The van der Waals surface area contributed by atoms with Gasteiger partial charge in [-0.25, -0.2) is 23.2 Å². The molecule has 4 N–H and O–H groups in total. The van der Waals surface area contributed by atoms with Crippen molar-refractivity contribution in [1.29, 1.82) is 0 Å². The van der Waals surface area contributed by atoms with Crippen molar-refractivity contribution in [3.8, 4) is 10.7 Å². The van der Waals surface area contributed by atoms with Crippen LogP contribution in [0.15, 0.2) is 28.6 Å². The lowest BCUT2D eigenvalue weighted by molar-refractivity contribution is 0.0697. The van der Waals surface area contributed by atoms with Crippen LogP contribution in [-0.4, -0.2) is 39.7 Å². The van der Waals surface area contributed by atoms with Crippen LogP contribution < -0.4 is 10.5 Å². The van der Waals surface area contributed by atoms with Crippen molar-refractivity contribution in [3.05, 3.63) is 35.7 Å². The van der Waals surface area contributed by atoms with Gasteiger partial charge in [0.2, 0.25) is 0 Å². The van der Waals surface area contributed by atoms with Crippen molar-refractivity contribution >= 4 is 39.0 Å². The van der Waals surface area contributed by atoms with Crippen molar-refractivity contribution in [3.63, 3.8) is 0 Å². The Morgan fingerprint density at radius 1 is 1.37 bits per heavy atom. The molecule has 1 fully saturated rings. The van der Waals surface area contributed by atoms with E-state index in [1.807, 2.05) is 0 Å². The zero-order valence-electron chi connectivity index (χ0n) is 13.6. The molecule has 1 aliphatic rings. The minimum absolute atomic E-state index is 0.0463. The molecule has 0 spiro atoms. The van der Waals surface area contributed by atoms with Crippen molar-refractivity contribution in [2.45, 2.75) is 23.0 Å². The molecule has 3 heterocycles. The lowest BCUT2D eigenvalue weighted by Crippen LogP contribution is -2.07. The molecule has 10 nitrogen and oxygen atoms in total. The summed E-state index contributed by atoms with van der Waals surface area (Å²) in [7, 11) is -4.08. The molecule has 0 amide bonds. The molecule has 4 rings (SSSR count). The number of thiophene rings is 1. The molecule has 3 aromatic heterocycles. The summed E-state index contributed by atoms with van der Waals surface area (Å²) in [5, 5.41) is 26.4. The Balaban J connectivity index is 1.69. The molecule has 12 heteroatoms. The molecule has 1 saturated carbocycles. The van der Waals surface area contributed by atoms with Gasteiger partial charge in [0.1, 0.15) is 15.6 Å². The third-order valence-electron chi connectivity index (χ3n) is 3.95. The second kappa shape index (κ2) is 6.40. The number of carboxylic acids is 1. The molecule has 27 heavy (non-hydrogen) atoms. The van der Waals surface area contributed by atoms with Crippen molar-refractivity contribution in [2.75, 3.05) is 5.32 Å². The molecule has 0 saturated heterocycles. The molecule has 1 aliphatic carbocycles. The number of hydrogen-bond acceptors (Lipinski definition) is 8. The summed E-state index contributed by atoms with van der Waals surface area (Å²) in [6.45, 7) is 0. The number of hydrogen-bond donors (Lipinski definition) is 3. The standard InChI is InChI=1S/C15H13N6O4S2/c16-27(24,25)12-4-3-10(26-12)14-17-6-8(15(22)23)13(19-14)18-11-5-9(20-21-11)7-1-2-7/h3-7,16H,1-2H2,(H,22,23)(H2,17,18,19,20,21). The molecule has 0 aliphatic heterocycles. The Morgan fingerprint density at radius 3 is 2.78 bits per heavy atom. The molecule has 0 aromatic carbocycles. The van der Waals surface area contributed by atoms with Crippen LogP contribution in [0, 0.1) is 0 Å². The van der Waals surface area contributed by atoms with Gasteiger partial charge in [-0.2, -0.15) is 5.10 Å². The predicted molar refractivity (Wildman–Crippen MR) is 96.4 cm³/mol. The summed E-state index contributed by atoms with van der Waals surface area (Å²) < 4.78 is 22.5. The summed E-state index contributed by atoms with van der Waals surface area (Å²) in [5.41, 5.74) is 0.840. The molecule has 0 unspecified atom stereocenters. The first-order chi connectivity index (χ1) is 12.8. The van der Waals surface area contributed by atoms with E-state index in [1.54, 1.807) is 6.07 Å². The summed E-state index contributed by atoms with van der Waals surface area (Å²) in [6, 6.07) is 4.58. The highest BCUT2D eigenvalue weighted by molar-refractivity contribution is 7.91. The average Bonchev–Trinajstić information content (AvgIpc) is 3.14. The van der Waals surface area contributed by atoms with Crippen LogP contribution in [-0.2, 0) is 10.0 Å². The lowest BCUT2D eigenvalue weighted by atomic mass is 10.3. The molecule has 1 radical (unpaired) electrons. The fourth-order valence-electron chi connectivity index (χ4n) is 2.46. The first-order valence-electron chi connectivity index (χ1n) is 7.84. The Morgan fingerprint density at radius 2 is 2.15 bits per heavy atom. The molecular formula is C15H13N6O4S2. The Bertz CT molecular complexity index is 1130. The quantitative estimate of drug-likeness (QED) is 0.562. The lowest BCUT2D eigenvalue weighted by Gasteiger charge is -2.07. The van der Waals surface area contributed by atoms with Gasteiger partial charge in [-0.3, -0.25) is 5.10 Å². The van der Waals surface area contributed by atoms with Gasteiger partial charge in [-0.1, -0.05) is 0 Å². The number of aromatic carboxylic acids is 1. The fourth-order valence-corrected chi connectivity index (χ4v) is 4.10. The van der Waals surface area contributed by atoms with Crippen LogP contribution in [0.25, 0.3) is 10.7 Å². The Hall–Kier alpha value is -2.83. The van der Waals surface area contributed by atoms with Gasteiger partial charge in [-0.05, 0) is 25.0 Å². The molecule has 139 valence electrons. The van der Waals surface area contributed by atoms with E-state index in [9.17, 15) is 18.3 Å². The highest BCUT2D eigenvalue weighted by atomic mass is 32.2. The van der Waals surface area contributed by atoms with Gasteiger partial charge in [0.05, 0.1) is 4.88 Å². The Kier molecular flexibility index (Phi) is 4.17. The van der Waals surface area contributed by atoms with Crippen molar-refractivity contribution in [2.24, 2.45) is 0 Å². The van der Waals surface area contributed by atoms with Crippen molar-refractivity contribution < 1.29 is 18.3 Å². The van der Waals surface area contributed by atoms with Gasteiger partial charge >= 0.3 is 5.97 Å². The largest absolute Gasteiger partial charge is 0.477 e. The normalized spacial score (nSPS) is 14.3. The number of carbonyl (C=O) groups is 1. The van der Waals surface area contributed by atoms with Gasteiger partial charge in [0.25, 0.3) is 10.0 Å². The number of carboxylic acid groups (broad SMARTS) is 1. The Labute approximate surface area is 157 Å². The van der Waals surface area contributed by atoms with Crippen LogP contribution in [0.2, 0.25) is 0 Å². The molecular weight excluding hydrogens is 392 g/mol. The topological polar surface area (TPSA) is 162 Å². The summed E-state index contributed by atoms with van der Waals surface area (Å²) in [6.07, 6.45) is 3.34. The number of rotatable bonds is 6. The van der Waals surface area contributed by atoms with E-state index < -0.39 is 16.0 Å². The van der Waals surface area contributed by atoms with E-state index in [4.69, 9.17) is 5.14 Å². The number of H-pyrrole nitrogens is 1. The number of anilines is 2. The SMILES string of the molecule is [NH]S(=O)(=O)c1ccc(-c2ncc(C(=O)O)c(Nc3cc(C4CC4)[nH]n3)n2)s1. The number of aromatic nitrogens is 4. The van der Waals surface area contributed by atoms with Gasteiger partial charge in [0, 0.05) is 23.9 Å². The van der Waals surface area contributed by atoms with Crippen molar-refractivity contribution in [1.82, 2.24) is 25.3 Å². The zero-order valence-corrected chi connectivity index (χ0v) is 15.3. The summed E-state index contributed by atoms with van der Waals surface area (Å²) in [4.78, 5) is 20.1. The highest BCUT2D eigenvalue weighted by Crippen LogP contribution is 2.39. The molecule has 0 bridgehead atoms. The second-order valence-corrected chi connectivity index (χ2v) is 8.78. The van der Waals surface area contributed by atoms with Crippen LogP contribution >= 0.6 is 11.3 Å². The van der Waals surface area contributed by atoms with E-state index in [2.05, 4.69) is 25.5 Å². The van der Waals surface area contributed by atoms with E-state index >= 15 is 0 Å². The monoisotopic (exact) mass is 405 g/mol. The maximum Gasteiger partial charge on any atom is 0.341 e. The minimum atomic E-state index is -4.08. The highest BCUT2D eigenvalue weighted by Gasteiger charge is 2.26. The van der Waals surface area contributed by atoms with Crippen LogP contribution in [0.3, 0.4) is 0 Å².